The second kappa shape index (κ2) is 5.87. The minimum Gasteiger partial charge on any atom is -0.303 e. The van der Waals surface area contributed by atoms with Gasteiger partial charge in [-0.25, -0.2) is 0 Å². The van der Waals surface area contributed by atoms with Gasteiger partial charge in [-0.15, -0.1) is 0 Å². The zero-order valence-corrected chi connectivity index (χ0v) is 11.6. The minimum absolute atomic E-state index is 0.271. The first-order valence-corrected chi connectivity index (χ1v) is 7.62. The molecule has 3 rings (SSSR count). The van der Waals surface area contributed by atoms with Crippen LogP contribution in [0.25, 0.3) is 0 Å². The predicted molar refractivity (Wildman–Crippen MR) is 77.3 cm³/mol. The standard InChI is InChI=1S/C17H23NO/c19-13-14-5-4-10-18(11-14)12-16-8-3-7-15-6-1-2-9-17(15)16/h1-2,6,9,13-14,16H,3-5,7-8,10-12H2. The Bertz CT molecular complexity index is 443. The van der Waals surface area contributed by atoms with E-state index in [9.17, 15) is 4.79 Å². The summed E-state index contributed by atoms with van der Waals surface area (Å²) in [5.74, 6) is 0.947. The fourth-order valence-electron chi connectivity index (χ4n) is 3.72. The maximum Gasteiger partial charge on any atom is 0.124 e. The number of aryl methyl sites for hydroxylation is 1. The van der Waals surface area contributed by atoms with Crippen LogP contribution in [-0.4, -0.2) is 30.8 Å². The van der Waals surface area contributed by atoms with E-state index in [-0.39, 0.29) is 5.92 Å². The van der Waals surface area contributed by atoms with Crippen molar-refractivity contribution in [1.29, 1.82) is 0 Å². The third-order valence-electron chi connectivity index (χ3n) is 4.71. The fourth-order valence-corrected chi connectivity index (χ4v) is 3.72. The van der Waals surface area contributed by atoms with Crippen LogP contribution in [0.5, 0.6) is 0 Å². The van der Waals surface area contributed by atoms with E-state index in [1.165, 1.54) is 32.2 Å². The summed E-state index contributed by atoms with van der Waals surface area (Å²) in [5.41, 5.74) is 3.10. The summed E-state index contributed by atoms with van der Waals surface area (Å²) in [7, 11) is 0. The van der Waals surface area contributed by atoms with Crippen molar-refractivity contribution in [3.63, 3.8) is 0 Å². The van der Waals surface area contributed by atoms with Gasteiger partial charge in [0.2, 0.25) is 0 Å². The number of nitrogens with zero attached hydrogens (tertiary/aromatic N) is 1. The molecule has 1 aliphatic heterocycles. The van der Waals surface area contributed by atoms with Gasteiger partial charge in [-0.3, -0.25) is 0 Å². The van der Waals surface area contributed by atoms with Crippen LogP contribution in [0.2, 0.25) is 0 Å². The van der Waals surface area contributed by atoms with Gasteiger partial charge < -0.3 is 9.69 Å². The highest BCUT2D eigenvalue weighted by molar-refractivity contribution is 5.53. The molecule has 1 aliphatic carbocycles. The van der Waals surface area contributed by atoms with Crippen LogP contribution in [0.4, 0.5) is 0 Å². The van der Waals surface area contributed by atoms with Gasteiger partial charge in [0.25, 0.3) is 0 Å². The normalized spacial score (nSPS) is 27.8. The van der Waals surface area contributed by atoms with E-state index in [0.717, 1.165) is 25.8 Å². The first-order chi connectivity index (χ1) is 9.36. The molecule has 1 saturated heterocycles. The van der Waals surface area contributed by atoms with Crippen molar-refractivity contribution in [3.05, 3.63) is 35.4 Å². The van der Waals surface area contributed by atoms with Gasteiger partial charge in [0.15, 0.2) is 0 Å². The number of rotatable bonds is 3. The number of fused-ring (bicyclic) bond motifs is 1. The molecule has 1 aromatic rings. The highest BCUT2D eigenvalue weighted by atomic mass is 16.1. The van der Waals surface area contributed by atoms with E-state index < -0.39 is 0 Å². The number of hydrogen-bond acceptors (Lipinski definition) is 2. The van der Waals surface area contributed by atoms with Crippen LogP contribution in [-0.2, 0) is 11.2 Å². The molecule has 0 radical (unpaired) electrons. The van der Waals surface area contributed by atoms with Gasteiger partial charge >= 0.3 is 0 Å². The molecule has 0 N–H and O–H groups in total. The molecule has 19 heavy (non-hydrogen) atoms. The summed E-state index contributed by atoms with van der Waals surface area (Å²) in [5, 5.41) is 0. The summed E-state index contributed by atoms with van der Waals surface area (Å²) in [6.07, 6.45) is 7.27. The molecule has 0 amide bonds. The molecular weight excluding hydrogens is 234 g/mol. The smallest absolute Gasteiger partial charge is 0.124 e. The van der Waals surface area contributed by atoms with Gasteiger partial charge in [0, 0.05) is 19.0 Å². The molecule has 1 aromatic carbocycles. The summed E-state index contributed by atoms with van der Waals surface area (Å²) in [6, 6.07) is 8.92. The number of carbonyl (C=O) groups is 1. The Labute approximate surface area is 115 Å². The molecule has 0 spiro atoms. The highest BCUT2D eigenvalue weighted by Gasteiger charge is 2.25. The Kier molecular flexibility index (Phi) is 3.97. The van der Waals surface area contributed by atoms with Crippen LogP contribution >= 0.6 is 0 Å². The molecule has 0 saturated carbocycles. The van der Waals surface area contributed by atoms with E-state index in [1.807, 2.05) is 0 Å². The molecule has 0 aromatic heterocycles. The van der Waals surface area contributed by atoms with Crippen LogP contribution in [0.15, 0.2) is 24.3 Å². The van der Waals surface area contributed by atoms with E-state index in [1.54, 1.807) is 11.1 Å². The lowest BCUT2D eigenvalue weighted by molar-refractivity contribution is -0.112. The number of benzene rings is 1. The lowest BCUT2D eigenvalue weighted by atomic mass is 9.82. The van der Waals surface area contributed by atoms with Crippen molar-refractivity contribution >= 4 is 6.29 Å². The van der Waals surface area contributed by atoms with Crippen molar-refractivity contribution in [2.45, 2.75) is 38.0 Å². The predicted octanol–water partition coefficient (Wildman–Crippen LogP) is 3.02. The highest BCUT2D eigenvalue weighted by Crippen LogP contribution is 2.32. The Morgan fingerprint density at radius 2 is 2.11 bits per heavy atom. The minimum atomic E-state index is 0.271. The molecule has 1 fully saturated rings. The SMILES string of the molecule is O=CC1CCCN(CC2CCCc3ccccc32)C1. The number of piperidine rings is 1. The van der Waals surface area contributed by atoms with E-state index in [4.69, 9.17) is 0 Å². The van der Waals surface area contributed by atoms with Crippen LogP contribution in [0, 0.1) is 5.92 Å². The second-order valence-corrected chi connectivity index (χ2v) is 6.09. The molecule has 2 atom stereocenters. The van der Waals surface area contributed by atoms with E-state index >= 15 is 0 Å². The molecule has 1 heterocycles. The first-order valence-electron chi connectivity index (χ1n) is 7.62. The molecule has 2 heteroatoms. The van der Waals surface area contributed by atoms with Crippen molar-refractivity contribution < 1.29 is 4.79 Å². The number of hydrogen-bond donors (Lipinski definition) is 0. The molecule has 0 bridgehead atoms. The fraction of sp³-hybridized carbons (Fsp3) is 0.588. The van der Waals surface area contributed by atoms with Gasteiger partial charge in [0.05, 0.1) is 0 Å². The van der Waals surface area contributed by atoms with Crippen LogP contribution in [0.3, 0.4) is 0 Å². The molecule has 102 valence electrons. The van der Waals surface area contributed by atoms with Gasteiger partial charge in [-0.2, -0.15) is 0 Å². The summed E-state index contributed by atoms with van der Waals surface area (Å²) >= 11 is 0. The largest absolute Gasteiger partial charge is 0.303 e. The lowest BCUT2D eigenvalue weighted by Crippen LogP contribution is -2.39. The van der Waals surface area contributed by atoms with Crippen LogP contribution < -0.4 is 0 Å². The number of likely N-dealkylation sites (tertiary alicyclic amines) is 1. The molecule has 2 unspecified atom stereocenters. The Balaban J connectivity index is 1.69. The Morgan fingerprint density at radius 1 is 1.21 bits per heavy atom. The maximum absolute atomic E-state index is 11.0. The van der Waals surface area contributed by atoms with Crippen molar-refractivity contribution in [1.82, 2.24) is 4.90 Å². The topological polar surface area (TPSA) is 20.3 Å². The zero-order chi connectivity index (χ0) is 13.1. The van der Waals surface area contributed by atoms with Gasteiger partial charge in [-0.05, 0) is 55.7 Å². The van der Waals surface area contributed by atoms with Crippen molar-refractivity contribution in [2.24, 2.45) is 5.92 Å². The Morgan fingerprint density at radius 3 is 3.00 bits per heavy atom. The Hall–Kier alpha value is -1.15. The van der Waals surface area contributed by atoms with Gasteiger partial charge in [0.1, 0.15) is 6.29 Å². The first kappa shape index (κ1) is 12.9. The zero-order valence-electron chi connectivity index (χ0n) is 11.6. The second-order valence-electron chi connectivity index (χ2n) is 6.09. The summed E-state index contributed by atoms with van der Waals surface area (Å²) < 4.78 is 0. The number of carbonyl (C=O) groups excluding carboxylic acids is 1. The van der Waals surface area contributed by atoms with Crippen LogP contribution in [0.1, 0.15) is 42.7 Å². The lowest BCUT2D eigenvalue weighted by Gasteiger charge is -2.35. The average molecular weight is 257 g/mol. The molecule has 2 nitrogen and oxygen atoms in total. The monoisotopic (exact) mass is 257 g/mol. The van der Waals surface area contributed by atoms with Crippen molar-refractivity contribution in [2.75, 3.05) is 19.6 Å². The average Bonchev–Trinajstić information content (AvgIpc) is 2.48. The maximum atomic E-state index is 11.0. The third-order valence-corrected chi connectivity index (χ3v) is 4.71. The molecule has 2 aliphatic rings. The molecular formula is C17H23NO. The summed E-state index contributed by atoms with van der Waals surface area (Å²) in [6.45, 7) is 3.28. The van der Waals surface area contributed by atoms with E-state index in [2.05, 4.69) is 29.2 Å². The van der Waals surface area contributed by atoms with Gasteiger partial charge in [-0.1, -0.05) is 24.3 Å². The third kappa shape index (κ3) is 2.89. The summed E-state index contributed by atoms with van der Waals surface area (Å²) in [4.78, 5) is 13.5. The van der Waals surface area contributed by atoms with Crippen molar-refractivity contribution in [3.8, 4) is 0 Å². The quantitative estimate of drug-likeness (QED) is 0.776. The number of aldehydes is 1. The van der Waals surface area contributed by atoms with E-state index in [0.29, 0.717) is 5.92 Å².